The maximum Gasteiger partial charge on any atom is 0.251 e. The first-order chi connectivity index (χ1) is 15.6. The highest BCUT2D eigenvalue weighted by Crippen LogP contribution is 2.20. The van der Waals surface area contributed by atoms with E-state index in [-0.39, 0.29) is 11.7 Å². The maximum atomic E-state index is 13.4. The van der Waals surface area contributed by atoms with E-state index in [0.29, 0.717) is 34.9 Å². The second-order valence-corrected chi connectivity index (χ2v) is 7.05. The van der Waals surface area contributed by atoms with Gasteiger partial charge in [-0.25, -0.2) is 4.39 Å². The summed E-state index contributed by atoms with van der Waals surface area (Å²) in [6.45, 7) is 0.390. The zero-order valence-corrected chi connectivity index (χ0v) is 17.4. The Morgan fingerprint density at radius 2 is 1.78 bits per heavy atom. The number of hydrogen-bond donors (Lipinski definition) is 2. The van der Waals surface area contributed by atoms with Gasteiger partial charge in [-0.3, -0.25) is 4.79 Å². The molecule has 1 aromatic heterocycles. The molecule has 0 aliphatic carbocycles. The van der Waals surface area contributed by atoms with E-state index >= 15 is 0 Å². The van der Waals surface area contributed by atoms with Gasteiger partial charge in [0.1, 0.15) is 11.6 Å². The van der Waals surface area contributed by atoms with Gasteiger partial charge in [-0.1, -0.05) is 30.3 Å². The van der Waals surface area contributed by atoms with Crippen LogP contribution >= 0.6 is 0 Å². The minimum atomic E-state index is -0.326. The molecule has 4 aromatic rings. The zero-order valence-electron chi connectivity index (χ0n) is 17.4. The molecule has 1 amide bonds. The van der Waals surface area contributed by atoms with Gasteiger partial charge in [0, 0.05) is 23.4 Å². The van der Waals surface area contributed by atoms with Crippen molar-refractivity contribution in [3.8, 4) is 17.0 Å². The van der Waals surface area contributed by atoms with E-state index in [1.807, 2.05) is 30.3 Å². The van der Waals surface area contributed by atoms with Gasteiger partial charge < -0.3 is 15.4 Å². The minimum absolute atomic E-state index is 0.191. The smallest absolute Gasteiger partial charge is 0.251 e. The summed E-state index contributed by atoms with van der Waals surface area (Å²) in [6, 6.07) is 24.3. The van der Waals surface area contributed by atoms with Crippen molar-refractivity contribution in [1.29, 1.82) is 0 Å². The van der Waals surface area contributed by atoms with Gasteiger partial charge in [-0.15, -0.1) is 10.2 Å². The van der Waals surface area contributed by atoms with Crippen molar-refractivity contribution in [2.24, 2.45) is 0 Å². The molecular weight excluding hydrogens is 407 g/mol. The van der Waals surface area contributed by atoms with E-state index in [2.05, 4.69) is 20.8 Å². The molecule has 1 heterocycles. The average Bonchev–Trinajstić information content (AvgIpc) is 2.83. The summed E-state index contributed by atoms with van der Waals surface area (Å²) in [4.78, 5) is 12.6. The molecule has 6 nitrogen and oxygen atoms in total. The monoisotopic (exact) mass is 428 g/mol. The molecule has 32 heavy (non-hydrogen) atoms. The number of halogens is 1. The Bertz CT molecular complexity index is 1230. The number of methoxy groups -OCH3 is 1. The van der Waals surface area contributed by atoms with Crippen molar-refractivity contribution in [2.45, 2.75) is 6.54 Å². The Balaban J connectivity index is 1.40. The third-order valence-corrected chi connectivity index (χ3v) is 4.77. The third-order valence-electron chi connectivity index (χ3n) is 4.77. The number of anilines is 2. The number of benzene rings is 3. The van der Waals surface area contributed by atoms with Gasteiger partial charge in [-0.05, 0) is 60.2 Å². The summed E-state index contributed by atoms with van der Waals surface area (Å²) < 4.78 is 18.6. The number of carbonyl (C=O) groups is 1. The third kappa shape index (κ3) is 5.26. The van der Waals surface area contributed by atoms with Crippen LogP contribution in [-0.2, 0) is 6.54 Å². The molecule has 0 radical (unpaired) electrons. The summed E-state index contributed by atoms with van der Waals surface area (Å²) in [7, 11) is 1.61. The predicted octanol–water partition coefficient (Wildman–Crippen LogP) is 4.96. The molecule has 0 bridgehead atoms. The lowest BCUT2D eigenvalue weighted by Crippen LogP contribution is -2.22. The molecular formula is C25H21FN4O2. The molecule has 0 aliphatic heterocycles. The van der Waals surface area contributed by atoms with Crippen LogP contribution in [0.4, 0.5) is 15.9 Å². The van der Waals surface area contributed by atoms with Crippen LogP contribution in [-0.4, -0.2) is 23.2 Å². The van der Waals surface area contributed by atoms with Gasteiger partial charge in [0.05, 0.1) is 12.8 Å². The van der Waals surface area contributed by atoms with E-state index in [1.165, 1.54) is 12.1 Å². The van der Waals surface area contributed by atoms with E-state index < -0.39 is 0 Å². The van der Waals surface area contributed by atoms with Crippen LogP contribution in [0.3, 0.4) is 0 Å². The van der Waals surface area contributed by atoms with Gasteiger partial charge in [0.15, 0.2) is 5.82 Å². The number of nitrogens with zero attached hydrogens (tertiary/aromatic N) is 2. The van der Waals surface area contributed by atoms with Crippen molar-refractivity contribution >= 4 is 17.4 Å². The van der Waals surface area contributed by atoms with E-state index in [4.69, 9.17) is 4.74 Å². The van der Waals surface area contributed by atoms with Gasteiger partial charge in [-0.2, -0.15) is 0 Å². The lowest BCUT2D eigenvalue weighted by molar-refractivity contribution is 0.0951. The Hall–Kier alpha value is -4.26. The first kappa shape index (κ1) is 21.0. The summed E-state index contributed by atoms with van der Waals surface area (Å²) in [5, 5.41) is 14.3. The van der Waals surface area contributed by atoms with Crippen LogP contribution in [0.5, 0.6) is 5.75 Å². The molecule has 0 saturated heterocycles. The van der Waals surface area contributed by atoms with E-state index in [1.54, 1.807) is 49.6 Å². The van der Waals surface area contributed by atoms with Crippen molar-refractivity contribution in [3.63, 3.8) is 0 Å². The highest BCUT2D eigenvalue weighted by molar-refractivity contribution is 5.95. The Kier molecular flexibility index (Phi) is 6.36. The highest BCUT2D eigenvalue weighted by atomic mass is 19.1. The fourth-order valence-electron chi connectivity index (χ4n) is 3.15. The first-order valence-electron chi connectivity index (χ1n) is 9.98. The van der Waals surface area contributed by atoms with Crippen LogP contribution in [0.1, 0.15) is 15.9 Å². The average molecular weight is 428 g/mol. The Morgan fingerprint density at radius 1 is 0.938 bits per heavy atom. The number of amides is 1. The SMILES string of the molecule is COc1cccc(CNC(=O)c2cccc(Nc3ccc(-c4cccc(F)c4)nn3)c2)c1. The molecule has 7 heteroatoms. The summed E-state index contributed by atoms with van der Waals surface area (Å²) >= 11 is 0. The van der Waals surface area contributed by atoms with Crippen LogP contribution in [0.25, 0.3) is 11.3 Å². The standard InChI is InChI=1S/C25H21FN4O2/c1-32-22-10-2-5-17(13-22)16-27-25(31)19-7-4-9-21(15-19)28-24-12-11-23(29-30-24)18-6-3-8-20(26)14-18/h2-15H,16H2,1H3,(H,27,31)(H,28,30). The Labute approximate surface area is 185 Å². The number of hydrogen-bond acceptors (Lipinski definition) is 5. The van der Waals surface area contributed by atoms with Crippen LogP contribution in [0.2, 0.25) is 0 Å². The molecule has 160 valence electrons. The molecule has 0 saturated carbocycles. The van der Waals surface area contributed by atoms with Crippen LogP contribution in [0, 0.1) is 5.82 Å². The fraction of sp³-hybridized carbons (Fsp3) is 0.0800. The topological polar surface area (TPSA) is 76.1 Å². The molecule has 0 spiro atoms. The van der Waals surface area contributed by atoms with Gasteiger partial charge in [0.25, 0.3) is 5.91 Å². The second kappa shape index (κ2) is 9.70. The number of ether oxygens (including phenoxy) is 1. The molecule has 3 aromatic carbocycles. The van der Waals surface area contributed by atoms with Crippen molar-refractivity contribution in [2.75, 3.05) is 12.4 Å². The lowest BCUT2D eigenvalue weighted by atomic mass is 10.1. The Morgan fingerprint density at radius 3 is 2.56 bits per heavy atom. The van der Waals surface area contributed by atoms with Crippen molar-refractivity contribution in [1.82, 2.24) is 15.5 Å². The zero-order chi connectivity index (χ0) is 22.3. The minimum Gasteiger partial charge on any atom is -0.497 e. The maximum absolute atomic E-state index is 13.4. The van der Waals surface area contributed by atoms with Crippen molar-refractivity contribution < 1.29 is 13.9 Å². The number of aromatic nitrogens is 2. The summed E-state index contributed by atoms with van der Waals surface area (Å²) in [6.07, 6.45) is 0. The molecule has 4 rings (SSSR count). The molecule has 0 atom stereocenters. The second-order valence-electron chi connectivity index (χ2n) is 7.05. The quantitative estimate of drug-likeness (QED) is 0.435. The van der Waals surface area contributed by atoms with Gasteiger partial charge >= 0.3 is 0 Å². The molecule has 2 N–H and O–H groups in total. The molecule has 0 unspecified atom stereocenters. The molecule has 0 aliphatic rings. The van der Waals surface area contributed by atoms with Crippen LogP contribution < -0.4 is 15.4 Å². The van der Waals surface area contributed by atoms with E-state index in [0.717, 1.165) is 11.3 Å². The van der Waals surface area contributed by atoms with Gasteiger partial charge in [0.2, 0.25) is 0 Å². The number of carbonyl (C=O) groups excluding carboxylic acids is 1. The normalized spacial score (nSPS) is 10.4. The number of nitrogens with one attached hydrogen (secondary N) is 2. The predicted molar refractivity (Wildman–Crippen MR) is 121 cm³/mol. The lowest BCUT2D eigenvalue weighted by Gasteiger charge is -2.09. The molecule has 0 fully saturated rings. The first-order valence-corrected chi connectivity index (χ1v) is 9.98. The summed E-state index contributed by atoms with van der Waals surface area (Å²) in [5.41, 5.74) is 3.38. The largest absolute Gasteiger partial charge is 0.497 e. The van der Waals surface area contributed by atoms with Crippen molar-refractivity contribution in [3.05, 3.63) is 102 Å². The number of rotatable bonds is 7. The van der Waals surface area contributed by atoms with E-state index in [9.17, 15) is 9.18 Å². The highest BCUT2D eigenvalue weighted by Gasteiger charge is 2.08. The fourth-order valence-corrected chi connectivity index (χ4v) is 3.15. The van der Waals surface area contributed by atoms with Crippen LogP contribution in [0.15, 0.2) is 84.9 Å². The summed E-state index contributed by atoms with van der Waals surface area (Å²) in [5.74, 6) is 0.739.